The minimum absolute atomic E-state index is 0.137. The number of amides is 1. The Labute approximate surface area is 91.6 Å². The first-order valence-electron chi connectivity index (χ1n) is 5.19. The highest BCUT2D eigenvalue weighted by Gasteiger charge is 2.22. The molecule has 4 heteroatoms. The quantitative estimate of drug-likeness (QED) is 0.727. The van der Waals surface area contributed by atoms with Gasteiger partial charge in [-0.15, -0.1) is 0 Å². The second kappa shape index (κ2) is 6.41. The average molecular weight is 212 g/mol. The zero-order chi connectivity index (χ0) is 11.9. The lowest BCUT2D eigenvalue weighted by Gasteiger charge is -2.22. The molecule has 0 spiro atoms. The van der Waals surface area contributed by atoms with E-state index in [2.05, 4.69) is 11.4 Å². The normalized spacial score (nSPS) is 13.0. The molecule has 1 amide bonds. The Hall–Kier alpha value is -1.08. The highest BCUT2D eigenvalue weighted by molar-refractivity contribution is 5.77. The summed E-state index contributed by atoms with van der Waals surface area (Å²) in [5.74, 6) is -0.137. The van der Waals surface area contributed by atoms with Gasteiger partial charge in [0.25, 0.3) is 0 Å². The van der Waals surface area contributed by atoms with Crippen LogP contribution in [0.1, 0.15) is 40.0 Å². The van der Waals surface area contributed by atoms with Gasteiger partial charge >= 0.3 is 0 Å². The van der Waals surface area contributed by atoms with E-state index in [1.54, 1.807) is 7.11 Å². The summed E-state index contributed by atoms with van der Waals surface area (Å²) in [5, 5.41) is 11.4. The highest BCUT2D eigenvalue weighted by atomic mass is 16.5. The first kappa shape index (κ1) is 13.9. The second-order valence-electron chi connectivity index (χ2n) is 4.18. The molecule has 1 atom stereocenters. The first-order valence-corrected chi connectivity index (χ1v) is 5.19. The molecule has 0 heterocycles. The van der Waals surface area contributed by atoms with Crippen LogP contribution in [0.4, 0.5) is 0 Å². The van der Waals surface area contributed by atoms with Crippen molar-refractivity contribution in [3.05, 3.63) is 0 Å². The van der Waals surface area contributed by atoms with E-state index in [9.17, 15) is 4.79 Å². The first-order chi connectivity index (χ1) is 6.95. The van der Waals surface area contributed by atoms with Crippen molar-refractivity contribution < 1.29 is 9.53 Å². The summed E-state index contributed by atoms with van der Waals surface area (Å²) in [4.78, 5) is 11.5. The third kappa shape index (κ3) is 6.08. The topological polar surface area (TPSA) is 62.1 Å². The summed E-state index contributed by atoms with van der Waals surface area (Å²) in [6, 6.07) is 1.69. The fourth-order valence-corrected chi connectivity index (χ4v) is 1.16. The number of methoxy groups -OCH3 is 1. The van der Waals surface area contributed by atoms with Crippen LogP contribution in [0, 0.1) is 11.3 Å². The van der Waals surface area contributed by atoms with Gasteiger partial charge in [0.2, 0.25) is 5.91 Å². The molecule has 86 valence electrons. The van der Waals surface area contributed by atoms with E-state index in [1.807, 2.05) is 20.8 Å². The third-order valence-electron chi connectivity index (χ3n) is 2.21. The van der Waals surface area contributed by atoms with Crippen molar-refractivity contribution in [2.24, 2.45) is 0 Å². The summed E-state index contributed by atoms with van der Waals surface area (Å²) in [7, 11) is 1.57. The lowest BCUT2D eigenvalue weighted by Crippen LogP contribution is -2.38. The number of carbonyl (C=O) groups is 1. The maximum absolute atomic E-state index is 11.5. The molecule has 0 aromatic carbocycles. The van der Waals surface area contributed by atoms with Gasteiger partial charge in [-0.1, -0.05) is 13.3 Å². The van der Waals surface area contributed by atoms with Gasteiger partial charge in [-0.05, 0) is 20.3 Å². The van der Waals surface area contributed by atoms with Crippen molar-refractivity contribution in [2.45, 2.75) is 51.7 Å². The van der Waals surface area contributed by atoms with Crippen molar-refractivity contribution >= 4 is 5.91 Å². The molecular formula is C11H20N2O2. The van der Waals surface area contributed by atoms with Gasteiger partial charge in [0.15, 0.2) is 0 Å². The van der Waals surface area contributed by atoms with Crippen LogP contribution in [0.15, 0.2) is 0 Å². The minimum atomic E-state index is -0.476. The van der Waals surface area contributed by atoms with E-state index in [4.69, 9.17) is 10.00 Å². The number of ether oxygens (including phenoxy) is 1. The lowest BCUT2D eigenvalue weighted by molar-refractivity contribution is -0.126. The summed E-state index contributed by atoms with van der Waals surface area (Å²) in [6.45, 7) is 5.66. The Morgan fingerprint density at radius 3 is 2.60 bits per heavy atom. The fraction of sp³-hybridized carbons (Fsp3) is 0.818. The Balaban J connectivity index is 4.08. The van der Waals surface area contributed by atoms with Gasteiger partial charge in [-0.3, -0.25) is 4.79 Å². The van der Waals surface area contributed by atoms with Crippen molar-refractivity contribution in [1.82, 2.24) is 5.32 Å². The molecular weight excluding hydrogens is 192 g/mol. The van der Waals surface area contributed by atoms with E-state index in [0.29, 0.717) is 6.42 Å². The minimum Gasteiger partial charge on any atom is -0.378 e. The van der Waals surface area contributed by atoms with E-state index < -0.39 is 5.60 Å². The maximum Gasteiger partial charge on any atom is 0.223 e. The third-order valence-corrected chi connectivity index (χ3v) is 2.21. The number of rotatable bonds is 6. The Bertz CT molecular complexity index is 243. The molecule has 15 heavy (non-hydrogen) atoms. The van der Waals surface area contributed by atoms with Crippen LogP contribution in [0.25, 0.3) is 0 Å². The summed E-state index contributed by atoms with van der Waals surface area (Å²) < 4.78 is 5.14. The standard InChI is InChI=1S/C11H20N2O2/c1-5-6-9(8-12)13-10(14)7-11(2,3)15-4/h9H,5-7H2,1-4H3,(H,13,14). The van der Waals surface area contributed by atoms with E-state index in [1.165, 1.54) is 0 Å². The molecule has 0 saturated carbocycles. The predicted molar refractivity (Wildman–Crippen MR) is 58.2 cm³/mol. The van der Waals surface area contributed by atoms with Crippen LogP contribution in [-0.2, 0) is 9.53 Å². The lowest BCUT2D eigenvalue weighted by atomic mass is 10.0. The van der Waals surface area contributed by atoms with Gasteiger partial charge in [0.05, 0.1) is 18.1 Å². The maximum atomic E-state index is 11.5. The van der Waals surface area contributed by atoms with Crippen LogP contribution in [-0.4, -0.2) is 24.7 Å². The number of nitriles is 1. The molecule has 0 saturated heterocycles. The zero-order valence-electron chi connectivity index (χ0n) is 9.96. The molecule has 0 bridgehead atoms. The van der Waals surface area contributed by atoms with Gasteiger partial charge in [0.1, 0.15) is 6.04 Å². The molecule has 0 aliphatic heterocycles. The summed E-state index contributed by atoms with van der Waals surface area (Å²) in [6.07, 6.45) is 1.84. The monoisotopic (exact) mass is 212 g/mol. The molecule has 1 N–H and O–H groups in total. The van der Waals surface area contributed by atoms with E-state index >= 15 is 0 Å². The molecule has 0 fully saturated rings. The predicted octanol–water partition coefficient (Wildman–Crippen LogP) is 1.61. The van der Waals surface area contributed by atoms with Crippen LogP contribution in [0.2, 0.25) is 0 Å². The molecule has 0 radical (unpaired) electrons. The van der Waals surface area contributed by atoms with Crippen LogP contribution in [0.3, 0.4) is 0 Å². The highest BCUT2D eigenvalue weighted by Crippen LogP contribution is 2.12. The van der Waals surface area contributed by atoms with Crippen molar-refractivity contribution in [3.8, 4) is 6.07 Å². The van der Waals surface area contributed by atoms with Gasteiger partial charge in [-0.25, -0.2) is 0 Å². The number of hydrogen-bond acceptors (Lipinski definition) is 3. The summed E-state index contributed by atoms with van der Waals surface area (Å²) in [5.41, 5.74) is -0.476. The van der Waals surface area contributed by atoms with Crippen molar-refractivity contribution in [3.63, 3.8) is 0 Å². The van der Waals surface area contributed by atoms with Crippen LogP contribution >= 0.6 is 0 Å². The average Bonchev–Trinajstić information content (AvgIpc) is 2.16. The van der Waals surface area contributed by atoms with Crippen molar-refractivity contribution in [2.75, 3.05) is 7.11 Å². The molecule has 0 aliphatic carbocycles. The molecule has 0 rings (SSSR count). The number of nitrogens with one attached hydrogen (secondary N) is 1. The number of nitrogens with zero attached hydrogens (tertiary/aromatic N) is 1. The zero-order valence-corrected chi connectivity index (χ0v) is 9.96. The van der Waals surface area contributed by atoms with E-state index in [-0.39, 0.29) is 18.4 Å². The second-order valence-corrected chi connectivity index (χ2v) is 4.18. The summed E-state index contributed by atoms with van der Waals surface area (Å²) >= 11 is 0. The van der Waals surface area contributed by atoms with Crippen molar-refractivity contribution in [1.29, 1.82) is 5.26 Å². The SMILES string of the molecule is CCCC(C#N)NC(=O)CC(C)(C)OC. The molecule has 0 aliphatic rings. The molecule has 0 aromatic heterocycles. The number of hydrogen-bond donors (Lipinski definition) is 1. The van der Waals surface area contributed by atoms with Gasteiger partial charge in [0, 0.05) is 7.11 Å². The van der Waals surface area contributed by atoms with Crippen LogP contribution < -0.4 is 5.32 Å². The Kier molecular flexibility index (Phi) is 5.95. The van der Waals surface area contributed by atoms with Crippen LogP contribution in [0.5, 0.6) is 0 Å². The molecule has 4 nitrogen and oxygen atoms in total. The Morgan fingerprint density at radius 2 is 2.20 bits per heavy atom. The Morgan fingerprint density at radius 1 is 1.60 bits per heavy atom. The fourth-order valence-electron chi connectivity index (χ4n) is 1.16. The van der Waals surface area contributed by atoms with E-state index in [0.717, 1.165) is 6.42 Å². The largest absolute Gasteiger partial charge is 0.378 e. The smallest absolute Gasteiger partial charge is 0.223 e. The molecule has 1 unspecified atom stereocenters. The number of carbonyl (C=O) groups excluding carboxylic acids is 1. The van der Waals surface area contributed by atoms with Gasteiger partial charge in [-0.2, -0.15) is 5.26 Å². The molecule has 0 aromatic rings. The van der Waals surface area contributed by atoms with Gasteiger partial charge < -0.3 is 10.1 Å².